The molecular formula is C13H22N2O3S. The lowest BCUT2D eigenvalue weighted by molar-refractivity contribution is 0.373. The first kappa shape index (κ1) is 14.6. The molecule has 5 nitrogen and oxygen atoms in total. The van der Waals surface area contributed by atoms with Gasteiger partial charge in [-0.25, -0.2) is 8.42 Å². The van der Waals surface area contributed by atoms with Crippen LogP contribution >= 0.6 is 0 Å². The quantitative estimate of drug-likeness (QED) is 0.830. The zero-order chi connectivity index (χ0) is 14.0. The maximum absolute atomic E-state index is 12.3. The standard InChI is InChI=1S/C13H22N2O3S/c1-10(2)14-8-12-6-7-13(18-12)19(16,17)15(3)9-11-4-5-11/h6-7,10-11,14H,4-5,8-9H2,1-3H3. The molecule has 0 atom stereocenters. The van der Waals surface area contributed by atoms with Crippen LogP contribution in [0.4, 0.5) is 0 Å². The summed E-state index contributed by atoms with van der Waals surface area (Å²) in [5, 5.41) is 3.23. The Bertz CT molecular complexity index is 518. The van der Waals surface area contributed by atoms with Crippen molar-refractivity contribution in [2.75, 3.05) is 13.6 Å². The highest BCUT2D eigenvalue weighted by molar-refractivity contribution is 7.89. The monoisotopic (exact) mass is 286 g/mol. The van der Waals surface area contributed by atoms with E-state index in [1.54, 1.807) is 13.1 Å². The third-order valence-electron chi connectivity index (χ3n) is 3.20. The first-order chi connectivity index (χ1) is 8.89. The van der Waals surface area contributed by atoms with Gasteiger partial charge in [-0.15, -0.1) is 0 Å². The summed E-state index contributed by atoms with van der Waals surface area (Å²) in [5.41, 5.74) is 0. The number of hydrogen-bond donors (Lipinski definition) is 1. The summed E-state index contributed by atoms with van der Waals surface area (Å²) in [6.07, 6.45) is 2.25. The third-order valence-corrected chi connectivity index (χ3v) is 4.90. The van der Waals surface area contributed by atoms with E-state index in [4.69, 9.17) is 4.42 Å². The summed E-state index contributed by atoms with van der Waals surface area (Å²) in [6.45, 7) is 5.19. The highest BCUT2D eigenvalue weighted by Crippen LogP contribution is 2.31. The number of nitrogens with zero attached hydrogens (tertiary/aromatic N) is 1. The first-order valence-electron chi connectivity index (χ1n) is 6.68. The van der Waals surface area contributed by atoms with Crippen LogP contribution in [0.2, 0.25) is 0 Å². The maximum atomic E-state index is 12.3. The molecule has 0 spiro atoms. The van der Waals surface area contributed by atoms with E-state index in [2.05, 4.69) is 5.32 Å². The summed E-state index contributed by atoms with van der Waals surface area (Å²) in [4.78, 5) is 0. The van der Waals surface area contributed by atoms with Crippen molar-refractivity contribution in [2.24, 2.45) is 5.92 Å². The number of sulfonamides is 1. The molecule has 2 rings (SSSR count). The Morgan fingerprint density at radius 1 is 1.42 bits per heavy atom. The molecule has 1 fully saturated rings. The van der Waals surface area contributed by atoms with E-state index in [1.165, 1.54) is 10.4 Å². The fourth-order valence-electron chi connectivity index (χ4n) is 1.81. The van der Waals surface area contributed by atoms with Gasteiger partial charge in [-0.05, 0) is 30.9 Å². The average Bonchev–Trinajstić information content (AvgIpc) is 3.01. The topological polar surface area (TPSA) is 62.6 Å². The van der Waals surface area contributed by atoms with E-state index in [0.29, 0.717) is 30.8 Å². The van der Waals surface area contributed by atoms with Crippen molar-refractivity contribution >= 4 is 10.0 Å². The van der Waals surface area contributed by atoms with Crippen LogP contribution in [0.15, 0.2) is 21.6 Å². The van der Waals surface area contributed by atoms with Crippen LogP contribution in [-0.2, 0) is 16.6 Å². The number of nitrogens with one attached hydrogen (secondary N) is 1. The van der Waals surface area contributed by atoms with Crippen molar-refractivity contribution in [3.8, 4) is 0 Å². The SMILES string of the molecule is CC(C)NCc1ccc(S(=O)(=O)N(C)CC2CC2)o1. The molecule has 0 saturated heterocycles. The third kappa shape index (κ3) is 3.81. The molecule has 1 aliphatic carbocycles. The van der Waals surface area contributed by atoms with Crippen LogP contribution in [0.1, 0.15) is 32.4 Å². The minimum atomic E-state index is -3.47. The van der Waals surface area contributed by atoms with Crippen LogP contribution in [0.5, 0.6) is 0 Å². The van der Waals surface area contributed by atoms with E-state index in [0.717, 1.165) is 12.8 Å². The Hall–Kier alpha value is -0.850. The van der Waals surface area contributed by atoms with E-state index in [9.17, 15) is 8.42 Å². The van der Waals surface area contributed by atoms with Gasteiger partial charge in [-0.2, -0.15) is 4.31 Å². The summed E-state index contributed by atoms with van der Waals surface area (Å²) in [5.74, 6) is 1.17. The van der Waals surface area contributed by atoms with Crippen LogP contribution in [0, 0.1) is 5.92 Å². The second-order valence-electron chi connectivity index (χ2n) is 5.49. The summed E-state index contributed by atoms with van der Waals surface area (Å²) >= 11 is 0. The van der Waals surface area contributed by atoms with Crippen molar-refractivity contribution in [2.45, 2.75) is 44.4 Å². The maximum Gasteiger partial charge on any atom is 0.276 e. The minimum Gasteiger partial charge on any atom is -0.447 e. The molecule has 0 aromatic carbocycles. The summed E-state index contributed by atoms with van der Waals surface area (Å²) < 4.78 is 31.3. The Balaban J connectivity index is 2.03. The molecule has 1 heterocycles. The lowest BCUT2D eigenvalue weighted by Gasteiger charge is -2.14. The highest BCUT2D eigenvalue weighted by Gasteiger charge is 2.30. The zero-order valence-corrected chi connectivity index (χ0v) is 12.5. The Labute approximate surface area is 115 Å². The van der Waals surface area contributed by atoms with Crippen molar-refractivity contribution in [3.63, 3.8) is 0 Å². The van der Waals surface area contributed by atoms with Gasteiger partial charge in [-0.3, -0.25) is 0 Å². The van der Waals surface area contributed by atoms with Gasteiger partial charge in [0, 0.05) is 19.6 Å². The van der Waals surface area contributed by atoms with Gasteiger partial charge >= 0.3 is 0 Å². The van der Waals surface area contributed by atoms with Gasteiger partial charge in [0.1, 0.15) is 5.76 Å². The largest absolute Gasteiger partial charge is 0.447 e. The van der Waals surface area contributed by atoms with E-state index in [-0.39, 0.29) is 5.09 Å². The molecule has 108 valence electrons. The van der Waals surface area contributed by atoms with E-state index < -0.39 is 10.0 Å². The molecule has 1 saturated carbocycles. The van der Waals surface area contributed by atoms with E-state index in [1.807, 2.05) is 13.8 Å². The van der Waals surface area contributed by atoms with Crippen LogP contribution in [0.3, 0.4) is 0 Å². The second-order valence-corrected chi connectivity index (χ2v) is 7.46. The van der Waals surface area contributed by atoms with Crippen LogP contribution in [-0.4, -0.2) is 32.4 Å². The fraction of sp³-hybridized carbons (Fsp3) is 0.692. The van der Waals surface area contributed by atoms with Gasteiger partial charge < -0.3 is 9.73 Å². The molecule has 6 heteroatoms. The minimum absolute atomic E-state index is 0.0382. The molecule has 19 heavy (non-hydrogen) atoms. The Morgan fingerprint density at radius 3 is 2.68 bits per heavy atom. The van der Waals surface area contributed by atoms with Crippen LogP contribution in [0.25, 0.3) is 0 Å². The van der Waals surface area contributed by atoms with Crippen molar-refractivity contribution in [1.82, 2.24) is 9.62 Å². The van der Waals surface area contributed by atoms with Crippen molar-refractivity contribution in [3.05, 3.63) is 17.9 Å². The lowest BCUT2D eigenvalue weighted by Crippen LogP contribution is -2.28. The Kier molecular flexibility index (Phi) is 4.32. The molecule has 1 N–H and O–H groups in total. The van der Waals surface area contributed by atoms with Crippen LogP contribution < -0.4 is 5.32 Å². The molecule has 1 aromatic heterocycles. The molecule has 1 aliphatic rings. The second kappa shape index (κ2) is 5.64. The van der Waals surface area contributed by atoms with Crippen molar-refractivity contribution < 1.29 is 12.8 Å². The summed E-state index contributed by atoms with van der Waals surface area (Å²) in [7, 11) is -1.86. The predicted molar refractivity (Wildman–Crippen MR) is 73.2 cm³/mol. The smallest absolute Gasteiger partial charge is 0.276 e. The predicted octanol–water partition coefficient (Wildman–Crippen LogP) is 1.81. The normalized spacial score (nSPS) is 16.5. The average molecular weight is 286 g/mol. The molecule has 0 aliphatic heterocycles. The number of rotatable bonds is 7. The van der Waals surface area contributed by atoms with Gasteiger partial charge in [0.25, 0.3) is 10.0 Å². The van der Waals surface area contributed by atoms with Gasteiger partial charge in [0.2, 0.25) is 5.09 Å². The van der Waals surface area contributed by atoms with Crippen molar-refractivity contribution in [1.29, 1.82) is 0 Å². The molecule has 1 aromatic rings. The molecule has 0 unspecified atom stereocenters. The fourth-order valence-corrected chi connectivity index (χ4v) is 2.98. The lowest BCUT2D eigenvalue weighted by atomic mass is 10.3. The van der Waals surface area contributed by atoms with Gasteiger partial charge in [-0.1, -0.05) is 13.8 Å². The zero-order valence-electron chi connectivity index (χ0n) is 11.7. The van der Waals surface area contributed by atoms with E-state index >= 15 is 0 Å². The number of hydrogen-bond acceptors (Lipinski definition) is 4. The number of furan rings is 1. The summed E-state index contributed by atoms with van der Waals surface area (Å²) in [6, 6.07) is 3.59. The molecular weight excluding hydrogens is 264 g/mol. The Morgan fingerprint density at radius 2 is 2.11 bits per heavy atom. The van der Waals surface area contributed by atoms with Gasteiger partial charge in [0.15, 0.2) is 0 Å². The highest BCUT2D eigenvalue weighted by atomic mass is 32.2. The molecule has 0 amide bonds. The first-order valence-corrected chi connectivity index (χ1v) is 8.12. The molecule has 0 radical (unpaired) electrons. The molecule has 0 bridgehead atoms. The van der Waals surface area contributed by atoms with Gasteiger partial charge in [0.05, 0.1) is 6.54 Å².